The lowest BCUT2D eigenvalue weighted by atomic mass is 10.2. The maximum absolute atomic E-state index is 12.2. The quantitative estimate of drug-likeness (QED) is 0.795. The Bertz CT molecular complexity index is 756. The molecular formula is C19H25N5O4. The SMILES string of the molecule is CC(=O)NC[C@H]1CN(c2ccc(N3CCN(C(=O)C4CC4)CC3)nc2)C(=O)O1. The van der Waals surface area contributed by atoms with E-state index < -0.39 is 6.09 Å². The van der Waals surface area contributed by atoms with Crippen LogP contribution < -0.4 is 15.1 Å². The van der Waals surface area contributed by atoms with Crippen molar-refractivity contribution >= 4 is 29.4 Å². The molecule has 3 fully saturated rings. The first-order chi connectivity index (χ1) is 13.5. The zero-order chi connectivity index (χ0) is 19.7. The zero-order valence-electron chi connectivity index (χ0n) is 16.0. The summed E-state index contributed by atoms with van der Waals surface area (Å²) < 4.78 is 5.28. The summed E-state index contributed by atoms with van der Waals surface area (Å²) in [5.74, 6) is 1.24. The van der Waals surface area contributed by atoms with Crippen LogP contribution in [0.3, 0.4) is 0 Å². The van der Waals surface area contributed by atoms with E-state index in [2.05, 4.69) is 15.2 Å². The molecule has 1 atom stereocenters. The third-order valence-corrected chi connectivity index (χ3v) is 5.34. The van der Waals surface area contributed by atoms with Crippen LogP contribution in [-0.2, 0) is 14.3 Å². The number of pyridine rings is 1. The smallest absolute Gasteiger partial charge is 0.414 e. The lowest BCUT2D eigenvalue weighted by molar-refractivity contribution is -0.132. The average Bonchev–Trinajstić information content (AvgIpc) is 3.49. The molecule has 9 nitrogen and oxygen atoms in total. The van der Waals surface area contributed by atoms with Crippen LogP contribution in [0.5, 0.6) is 0 Å². The van der Waals surface area contributed by atoms with Gasteiger partial charge in [-0.1, -0.05) is 0 Å². The molecule has 2 saturated heterocycles. The molecule has 1 aliphatic carbocycles. The maximum atomic E-state index is 12.2. The van der Waals surface area contributed by atoms with Crippen molar-refractivity contribution in [1.29, 1.82) is 0 Å². The van der Waals surface area contributed by atoms with Gasteiger partial charge in [-0.15, -0.1) is 0 Å². The molecule has 3 amide bonds. The largest absolute Gasteiger partial charge is 0.442 e. The Morgan fingerprint density at radius 2 is 1.96 bits per heavy atom. The Labute approximate surface area is 163 Å². The van der Waals surface area contributed by atoms with Crippen LogP contribution in [0.4, 0.5) is 16.3 Å². The first-order valence-corrected chi connectivity index (χ1v) is 9.73. The minimum absolute atomic E-state index is 0.153. The van der Waals surface area contributed by atoms with E-state index >= 15 is 0 Å². The zero-order valence-corrected chi connectivity index (χ0v) is 16.0. The first kappa shape index (κ1) is 18.5. The predicted molar refractivity (Wildman–Crippen MR) is 102 cm³/mol. The highest BCUT2D eigenvalue weighted by atomic mass is 16.6. The Kier molecular flexibility index (Phi) is 5.06. The molecule has 3 aliphatic rings. The van der Waals surface area contributed by atoms with Crippen molar-refractivity contribution in [3.05, 3.63) is 18.3 Å². The molecule has 2 aliphatic heterocycles. The third kappa shape index (κ3) is 4.02. The fourth-order valence-corrected chi connectivity index (χ4v) is 3.57. The molecule has 0 bridgehead atoms. The second-order valence-corrected chi connectivity index (χ2v) is 7.51. The molecule has 0 aromatic carbocycles. The van der Waals surface area contributed by atoms with Gasteiger partial charge in [-0.25, -0.2) is 9.78 Å². The van der Waals surface area contributed by atoms with Crippen LogP contribution >= 0.6 is 0 Å². The van der Waals surface area contributed by atoms with Gasteiger partial charge in [0.2, 0.25) is 11.8 Å². The van der Waals surface area contributed by atoms with Gasteiger partial charge < -0.3 is 19.9 Å². The van der Waals surface area contributed by atoms with Crippen LogP contribution in [-0.4, -0.2) is 73.2 Å². The lowest BCUT2D eigenvalue weighted by Crippen LogP contribution is -2.49. The summed E-state index contributed by atoms with van der Waals surface area (Å²) in [4.78, 5) is 45.4. The Morgan fingerprint density at radius 3 is 2.57 bits per heavy atom. The van der Waals surface area contributed by atoms with Gasteiger partial charge in [-0.05, 0) is 25.0 Å². The van der Waals surface area contributed by atoms with E-state index in [-0.39, 0.29) is 17.9 Å². The van der Waals surface area contributed by atoms with E-state index in [1.807, 2.05) is 17.0 Å². The molecule has 150 valence electrons. The van der Waals surface area contributed by atoms with Gasteiger partial charge >= 0.3 is 6.09 Å². The van der Waals surface area contributed by atoms with Gasteiger partial charge in [-0.2, -0.15) is 0 Å². The molecule has 1 aromatic rings. The fraction of sp³-hybridized carbons (Fsp3) is 0.579. The summed E-state index contributed by atoms with van der Waals surface area (Å²) in [5.41, 5.74) is 0.668. The maximum Gasteiger partial charge on any atom is 0.414 e. The number of amides is 3. The molecule has 0 unspecified atom stereocenters. The van der Waals surface area contributed by atoms with Crippen LogP contribution in [0.15, 0.2) is 18.3 Å². The van der Waals surface area contributed by atoms with Crippen LogP contribution in [0.25, 0.3) is 0 Å². The van der Waals surface area contributed by atoms with Crippen molar-refractivity contribution < 1.29 is 19.1 Å². The summed E-state index contributed by atoms with van der Waals surface area (Å²) in [7, 11) is 0. The average molecular weight is 387 g/mol. The number of piperazine rings is 1. The first-order valence-electron chi connectivity index (χ1n) is 9.73. The van der Waals surface area contributed by atoms with Crippen molar-refractivity contribution in [2.24, 2.45) is 5.92 Å². The number of hydrogen-bond donors (Lipinski definition) is 1. The minimum Gasteiger partial charge on any atom is -0.442 e. The van der Waals surface area contributed by atoms with Crippen LogP contribution in [0, 0.1) is 5.92 Å². The molecule has 1 saturated carbocycles. The lowest BCUT2D eigenvalue weighted by Gasteiger charge is -2.35. The van der Waals surface area contributed by atoms with Crippen molar-refractivity contribution in [2.75, 3.05) is 49.1 Å². The number of nitrogens with zero attached hydrogens (tertiary/aromatic N) is 4. The number of cyclic esters (lactones) is 1. The number of hydrogen-bond acceptors (Lipinski definition) is 6. The number of aromatic nitrogens is 1. The van der Waals surface area contributed by atoms with Gasteiger partial charge in [-0.3, -0.25) is 14.5 Å². The third-order valence-electron chi connectivity index (χ3n) is 5.34. The highest BCUT2D eigenvalue weighted by Gasteiger charge is 2.35. The van der Waals surface area contributed by atoms with Gasteiger partial charge in [0, 0.05) is 39.0 Å². The summed E-state index contributed by atoms with van der Waals surface area (Å²) in [5, 5.41) is 2.66. The molecule has 1 aromatic heterocycles. The van der Waals surface area contributed by atoms with E-state index in [1.54, 1.807) is 6.20 Å². The monoisotopic (exact) mass is 387 g/mol. The van der Waals surface area contributed by atoms with E-state index in [1.165, 1.54) is 11.8 Å². The number of carbonyl (C=O) groups excluding carboxylic acids is 3. The number of anilines is 2. The van der Waals surface area contributed by atoms with Gasteiger partial charge in [0.05, 0.1) is 25.0 Å². The van der Waals surface area contributed by atoms with Gasteiger partial charge in [0.15, 0.2) is 0 Å². The second kappa shape index (κ2) is 7.65. The number of carbonyl (C=O) groups is 3. The van der Waals surface area contributed by atoms with E-state index in [0.29, 0.717) is 24.7 Å². The molecule has 4 rings (SSSR count). The Hall–Kier alpha value is -2.84. The summed E-state index contributed by atoms with van der Waals surface area (Å²) >= 11 is 0. The highest BCUT2D eigenvalue weighted by molar-refractivity contribution is 5.89. The van der Waals surface area contributed by atoms with Crippen molar-refractivity contribution in [2.45, 2.75) is 25.9 Å². The van der Waals surface area contributed by atoms with Crippen molar-refractivity contribution in [3.8, 4) is 0 Å². The topological polar surface area (TPSA) is 95.1 Å². The Balaban J connectivity index is 1.32. The summed E-state index contributed by atoms with van der Waals surface area (Å²) in [6.07, 6.45) is 2.93. The molecular weight excluding hydrogens is 362 g/mol. The predicted octanol–water partition coefficient (Wildman–Crippen LogP) is 0.601. The number of nitrogens with one attached hydrogen (secondary N) is 1. The molecule has 9 heteroatoms. The Morgan fingerprint density at radius 1 is 1.21 bits per heavy atom. The summed E-state index contributed by atoms with van der Waals surface area (Å²) in [6.45, 7) is 5.07. The number of rotatable bonds is 5. The van der Waals surface area contributed by atoms with Crippen molar-refractivity contribution in [3.63, 3.8) is 0 Å². The summed E-state index contributed by atoms with van der Waals surface area (Å²) in [6, 6.07) is 3.74. The van der Waals surface area contributed by atoms with E-state index in [9.17, 15) is 14.4 Å². The molecule has 28 heavy (non-hydrogen) atoms. The molecule has 0 spiro atoms. The van der Waals surface area contributed by atoms with E-state index in [0.717, 1.165) is 44.8 Å². The van der Waals surface area contributed by atoms with Gasteiger partial charge in [0.25, 0.3) is 0 Å². The number of ether oxygens (including phenoxy) is 1. The molecule has 3 heterocycles. The van der Waals surface area contributed by atoms with Crippen molar-refractivity contribution in [1.82, 2.24) is 15.2 Å². The fourth-order valence-electron chi connectivity index (χ4n) is 3.57. The second-order valence-electron chi connectivity index (χ2n) is 7.51. The highest BCUT2D eigenvalue weighted by Crippen LogP contribution is 2.31. The normalized spacial score (nSPS) is 22.2. The van der Waals surface area contributed by atoms with Crippen LogP contribution in [0.1, 0.15) is 19.8 Å². The van der Waals surface area contributed by atoms with Crippen LogP contribution in [0.2, 0.25) is 0 Å². The molecule has 0 radical (unpaired) electrons. The van der Waals surface area contributed by atoms with Gasteiger partial charge in [0.1, 0.15) is 11.9 Å². The standard InChI is InChI=1S/C19H25N5O4/c1-13(25)20-11-16-12-24(19(27)28-16)15-4-5-17(21-10-15)22-6-8-23(9-7-22)18(26)14-2-3-14/h4-5,10,14,16H,2-3,6-9,11-12H2,1H3,(H,20,25)/t16-/m0/s1. The minimum atomic E-state index is -0.433. The molecule has 1 N–H and O–H groups in total. The van der Waals surface area contributed by atoms with E-state index in [4.69, 9.17) is 4.74 Å².